The Kier molecular flexibility index (Phi) is 4.87. The zero-order valence-corrected chi connectivity index (χ0v) is 14.3. The van der Waals surface area contributed by atoms with Gasteiger partial charge in [0.25, 0.3) is 0 Å². The molecule has 1 aromatic carbocycles. The van der Waals surface area contributed by atoms with E-state index < -0.39 is 0 Å². The summed E-state index contributed by atoms with van der Waals surface area (Å²) in [6.45, 7) is 4.00. The highest BCUT2D eigenvalue weighted by molar-refractivity contribution is 5.84. The number of para-hydroxylation sites is 1. The molecule has 2 heterocycles. The van der Waals surface area contributed by atoms with Crippen LogP contribution in [0.5, 0.6) is 5.75 Å². The third-order valence-corrected chi connectivity index (χ3v) is 3.72. The van der Waals surface area contributed by atoms with E-state index in [2.05, 4.69) is 20.8 Å². The van der Waals surface area contributed by atoms with Gasteiger partial charge in [-0.2, -0.15) is 4.98 Å². The van der Waals surface area contributed by atoms with E-state index in [1.54, 1.807) is 14.0 Å². The molecule has 0 aliphatic rings. The van der Waals surface area contributed by atoms with Crippen LogP contribution in [0.4, 0.5) is 4.79 Å². The van der Waals surface area contributed by atoms with E-state index in [1.807, 2.05) is 31.2 Å². The predicted octanol–water partition coefficient (Wildman–Crippen LogP) is 2.74. The van der Waals surface area contributed by atoms with Crippen molar-refractivity contribution in [3.8, 4) is 5.75 Å². The van der Waals surface area contributed by atoms with Crippen LogP contribution in [-0.2, 0) is 6.42 Å². The lowest BCUT2D eigenvalue weighted by atomic mass is 10.2. The molecule has 0 bridgehead atoms. The number of urea groups is 1. The lowest BCUT2D eigenvalue weighted by molar-refractivity contribution is 0.236. The van der Waals surface area contributed by atoms with Gasteiger partial charge < -0.3 is 24.3 Å². The van der Waals surface area contributed by atoms with Crippen molar-refractivity contribution in [1.82, 2.24) is 20.8 Å². The molecular weight excluding hydrogens is 324 g/mol. The van der Waals surface area contributed by atoms with Crippen LogP contribution in [0.1, 0.15) is 30.4 Å². The summed E-state index contributed by atoms with van der Waals surface area (Å²) < 4.78 is 16.1. The van der Waals surface area contributed by atoms with Crippen LogP contribution in [0.15, 0.2) is 33.2 Å². The zero-order chi connectivity index (χ0) is 17.8. The second-order valence-corrected chi connectivity index (χ2v) is 5.63. The number of carbonyl (C=O) groups is 1. The fourth-order valence-electron chi connectivity index (χ4n) is 2.47. The lowest BCUT2D eigenvalue weighted by Gasteiger charge is -2.12. The second-order valence-electron chi connectivity index (χ2n) is 5.63. The Morgan fingerprint density at radius 1 is 1.40 bits per heavy atom. The van der Waals surface area contributed by atoms with Crippen molar-refractivity contribution in [3.63, 3.8) is 0 Å². The number of hydrogen-bond donors (Lipinski definition) is 2. The van der Waals surface area contributed by atoms with E-state index in [9.17, 15) is 4.79 Å². The number of hydrogen-bond acceptors (Lipinski definition) is 6. The summed E-state index contributed by atoms with van der Waals surface area (Å²) >= 11 is 0. The molecule has 3 rings (SSSR count). The molecule has 0 saturated heterocycles. The van der Waals surface area contributed by atoms with Crippen LogP contribution >= 0.6 is 0 Å². The largest absolute Gasteiger partial charge is 0.493 e. The molecular formula is C17H20N4O4. The Morgan fingerprint density at radius 2 is 2.24 bits per heavy atom. The van der Waals surface area contributed by atoms with Crippen molar-refractivity contribution in [2.24, 2.45) is 0 Å². The van der Waals surface area contributed by atoms with E-state index >= 15 is 0 Å². The molecule has 0 radical (unpaired) electrons. The second kappa shape index (κ2) is 7.25. The molecule has 0 saturated carbocycles. The molecule has 25 heavy (non-hydrogen) atoms. The fourth-order valence-corrected chi connectivity index (χ4v) is 2.47. The van der Waals surface area contributed by atoms with Gasteiger partial charge in [-0.15, -0.1) is 0 Å². The summed E-state index contributed by atoms with van der Waals surface area (Å²) in [5.41, 5.74) is 0.667. The first-order valence-corrected chi connectivity index (χ1v) is 7.97. The van der Waals surface area contributed by atoms with Gasteiger partial charge in [-0.25, -0.2) is 4.79 Å². The van der Waals surface area contributed by atoms with Gasteiger partial charge in [-0.3, -0.25) is 0 Å². The first-order chi connectivity index (χ1) is 12.1. The van der Waals surface area contributed by atoms with Crippen LogP contribution in [0, 0.1) is 6.92 Å². The highest BCUT2D eigenvalue weighted by Crippen LogP contribution is 2.30. The number of nitrogens with zero attached hydrogens (tertiary/aromatic N) is 2. The number of furan rings is 1. The first kappa shape index (κ1) is 16.8. The Labute approximate surface area is 144 Å². The number of rotatable bonds is 6. The molecule has 2 aromatic heterocycles. The maximum Gasteiger partial charge on any atom is 0.315 e. The third kappa shape index (κ3) is 3.90. The van der Waals surface area contributed by atoms with Crippen molar-refractivity contribution >= 4 is 17.0 Å². The molecule has 2 amide bonds. The molecule has 1 atom stereocenters. The summed E-state index contributed by atoms with van der Waals surface area (Å²) in [4.78, 5) is 16.1. The molecule has 3 aromatic rings. The molecule has 8 nitrogen and oxygen atoms in total. The Hall–Kier alpha value is -3.03. The third-order valence-electron chi connectivity index (χ3n) is 3.72. The van der Waals surface area contributed by atoms with Gasteiger partial charge in [0.05, 0.1) is 13.2 Å². The highest BCUT2D eigenvalue weighted by Gasteiger charge is 2.16. The molecule has 132 valence electrons. The smallest absolute Gasteiger partial charge is 0.315 e. The molecule has 0 spiro atoms. The maximum atomic E-state index is 12.0. The highest BCUT2D eigenvalue weighted by atomic mass is 16.5. The van der Waals surface area contributed by atoms with Gasteiger partial charge in [0, 0.05) is 18.4 Å². The number of methoxy groups -OCH3 is 1. The summed E-state index contributed by atoms with van der Waals surface area (Å²) in [6, 6.07) is 6.97. The number of aromatic nitrogens is 2. The minimum atomic E-state index is -0.295. The van der Waals surface area contributed by atoms with E-state index in [-0.39, 0.29) is 12.1 Å². The predicted molar refractivity (Wildman–Crippen MR) is 90.5 cm³/mol. The Balaban J connectivity index is 1.56. The number of nitrogens with one attached hydrogen (secondary N) is 2. The SMILES string of the molecule is COc1cccc2cc([C@@H](C)NC(=O)NCCc3nc(C)no3)oc12. The van der Waals surface area contributed by atoms with Crippen molar-refractivity contribution in [1.29, 1.82) is 0 Å². The number of aryl methyl sites for hydroxylation is 1. The average molecular weight is 344 g/mol. The number of ether oxygens (including phenoxy) is 1. The van der Waals surface area contributed by atoms with Crippen molar-refractivity contribution in [2.45, 2.75) is 26.3 Å². The summed E-state index contributed by atoms with van der Waals surface area (Å²) in [5.74, 6) is 2.39. The van der Waals surface area contributed by atoms with Gasteiger partial charge >= 0.3 is 6.03 Å². The van der Waals surface area contributed by atoms with Crippen molar-refractivity contribution in [3.05, 3.63) is 41.7 Å². The molecule has 2 N–H and O–H groups in total. The fraction of sp³-hybridized carbons (Fsp3) is 0.353. The van der Waals surface area contributed by atoms with Crippen LogP contribution < -0.4 is 15.4 Å². The van der Waals surface area contributed by atoms with E-state index in [0.29, 0.717) is 41.8 Å². The monoisotopic (exact) mass is 344 g/mol. The Morgan fingerprint density at radius 3 is 2.96 bits per heavy atom. The minimum absolute atomic E-state index is 0.289. The normalized spacial score (nSPS) is 12.1. The molecule has 0 aliphatic heterocycles. The van der Waals surface area contributed by atoms with Gasteiger partial charge in [0.15, 0.2) is 17.2 Å². The van der Waals surface area contributed by atoms with Gasteiger partial charge in [0.2, 0.25) is 5.89 Å². The molecule has 8 heteroatoms. The lowest BCUT2D eigenvalue weighted by Crippen LogP contribution is -2.37. The van der Waals surface area contributed by atoms with Gasteiger partial charge in [-0.05, 0) is 26.0 Å². The summed E-state index contributed by atoms with van der Waals surface area (Å²) in [7, 11) is 1.59. The number of amides is 2. The average Bonchev–Trinajstić information content (AvgIpc) is 3.20. The topological polar surface area (TPSA) is 102 Å². The zero-order valence-electron chi connectivity index (χ0n) is 14.3. The Bertz CT molecular complexity index is 871. The first-order valence-electron chi connectivity index (χ1n) is 7.97. The van der Waals surface area contributed by atoms with Gasteiger partial charge in [0.1, 0.15) is 5.76 Å². The van der Waals surface area contributed by atoms with Crippen molar-refractivity contribution < 1.29 is 18.5 Å². The quantitative estimate of drug-likeness (QED) is 0.713. The van der Waals surface area contributed by atoms with E-state index in [1.165, 1.54) is 0 Å². The van der Waals surface area contributed by atoms with Gasteiger partial charge in [-0.1, -0.05) is 17.3 Å². The molecule has 0 fully saturated rings. The van der Waals surface area contributed by atoms with E-state index in [4.69, 9.17) is 13.7 Å². The standard InChI is InChI=1S/C17H20N4O4/c1-10(14-9-12-5-4-6-13(23-3)16(12)24-14)19-17(22)18-8-7-15-20-11(2)21-25-15/h4-6,9-10H,7-8H2,1-3H3,(H2,18,19,22)/t10-/m1/s1. The number of carbonyl (C=O) groups excluding carboxylic acids is 1. The summed E-state index contributed by atoms with van der Waals surface area (Å²) in [5, 5.41) is 10.2. The molecule has 0 aliphatic carbocycles. The number of benzene rings is 1. The minimum Gasteiger partial charge on any atom is -0.493 e. The van der Waals surface area contributed by atoms with Crippen LogP contribution in [0.3, 0.4) is 0 Å². The maximum absolute atomic E-state index is 12.0. The van der Waals surface area contributed by atoms with Crippen LogP contribution in [-0.4, -0.2) is 29.8 Å². The molecule has 0 unspecified atom stereocenters. The van der Waals surface area contributed by atoms with Crippen molar-refractivity contribution in [2.75, 3.05) is 13.7 Å². The van der Waals surface area contributed by atoms with E-state index in [0.717, 1.165) is 5.39 Å². The summed E-state index contributed by atoms with van der Waals surface area (Å²) in [6.07, 6.45) is 0.477. The van der Waals surface area contributed by atoms with Crippen LogP contribution in [0.25, 0.3) is 11.0 Å². The van der Waals surface area contributed by atoms with Crippen LogP contribution in [0.2, 0.25) is 0 Å². The number of fused-ring (bicyclic) bond motifs is 1.